The zero-order valence-electron chi connectivity index (χ0n) is 11.6. The molecule has 10 heteroatoms. The van der Waals surface area contributed by atoms with Crippen molar-refractivity contribution >= 4 is 28.8 Å². The Hall–Kier alpha value is -1.65. The van der Waals surface area contributed by atoms with E-state index in [1.807, 2.05) is 13.8 Å². The summed E-state index contributed by atoms with van der Waals surface area (Å²) in [5.74, 6) is 0. The Balaban J connectivity index is 2.44. The maximum Gasteiger partial charge on any atom is 0.344 e. The molecule has 0 aliphatic heterocycles. The molecule has 0 fully saturated rings. The molecule has 0 bridgehead atoms. The molecule has 1 atom stereocenters. The van der Waals surface area contributed by atoms with E-state index in [1.54, 1.807) is 6.92 Å². The fraction of sp³-hybridized carbons (Fsp3) is 0.455. The van der Waals surface area contributed by atoms with Gasteiger partial charge >= 0.3 is 5.69 Å². The number of aromatic nitrogens is 3. The van der Waals surface area contributed by atoms with Crippen LogP contribution in [-0.2, 0) is 0 Å². The molecule has 2 N–H and O–H groups in total. The number of H-pyrrole nitrogens is 1. The van der Waals surface area contributed by atoms with Crippen LogP contribution in [0.1, 0.15) is 37.8 Å². The normalized spacial score (nSPS) is 12.8. The van der Waals surface area contributed by atoms with Crippen LogP contribution in [0, 0.1) is 10.1 Å². The van der Waals surface area contributed by atoms with E-state index in [-0.39, 0.29) is 17.4 Å². The fourth-order valence-corrected chi connectivity index (χ4v) is 4.05. The summed E-state index contributed by atoms with van der Waals surface area (Å²) in [6.45, 7) is 5.19. The Kier molecular flexibility index (Phi) is 4.49. The van der Waals surface area contributed by atoms with Gasteiger partial charge in [0.25, 0.3) is 5.69 Å². The summed E-state index contributed by atoms with van der Waals surface area (Å²) in [6, 6.07) is 1.23. The van der Waals surface area contributed by atoms with Crippen molar-refractivity contribution < 1.29 is 10.0 Å². The third-order valence-electron chi connectivity index (χ3n) is 2.68. The predicted molar refractivity (Wildman–Crippen MR) is 79.0 cm³/mol. The number of nitro groups is 1. The fourth-order valence-electron chi connectivity index (χ4n) is 1.69. The van der Waals surface area contributed by atoms with Gasteiger partial charge in [-0.15, -0.1) is 16.4 Å². The van der Waals surface area contributed by atoms with E-state index in [2.05, 4.69) is 10.2 Å². The van der Waals surface area contributed by atoms with E-state index in [4.69, 9.17) is 0 Å². The second kappa shape index (κ2) is 6.00. The van der Waals surface area contributed by atoms with Gasteiger partial charge in [0.2, 0.25) is 0 Å². The maximum absolute atomic E-state index is 11.7. The quantitative estimate of drug-likeness (QED) is 0.642. The molecule has 0 radical (unpaired) electrons. The monoisotopic (exact) mass is 330 g/mol. The molecule has 0 amide bonds. The largest absolute Gasteiger partial charge is 0.388 e. The number of thiophene rings is 1. The Morgan fingerprint density at radius 3 is 2.71 bits per heavy atom. The van der Waals surface area contributed by atoms with Crippen LogP contribution in [0.3, 0.4) is 0 Å². The topological polar surface area (TPSA) is 114 Å². The van der Waals surface area contributed by atoms with Crippen molar-refractivity contribution in [1.29, 1.82) is 0 Å². The smallest absolute Gasteiger partial charge is 0.344 e. The molecule has 114 valence electrons. The van der Waals surface area contributed by atoms with Gasteiger partial charge in [-0.2, -0.15) is 0 Å². The van der Waals surface area contributed by atoms with Gasteiger partial charge in [-0.25, -0.2) is 9.89 Å². The van der Waals surface area contributed by atoms with E-state index in [9.17, 15) is 20.0 Å². The molecular formula is C11H14N4O4S2. The number of aliphatic hydroxyl groups excluding tert-OH is 1. The second-order valence-corrected chi connectivity index (χ2v) is 6.95. The summed E-state index contributed by atoms with van der Waals surface area (Å²) in [4.78, 5) is 22.8. The van der Waals surface area contributed by atoms with Crippen molar-refractivity contribution in [1.82, 2.24) is 14.8 Å². The van der Waals surface area contributed by atoms with Crippen LogP contribution in [0.25, 0.3) is 0 Å². The van der Waals surface area contributed by atoms with Crippen LogP contribution >= 0.6 is 23.1 Å². The lowest BCUT2D eigenvalue weighted by Gasteiger charge is -2.07. The lowest BCUT2D eigenvalue weighted by atomic mass is 10.3. The average molecular weight is 330 g/mol. The molecule has 0 saturated carbocycles. The highest BCUT2D eigenvalue weighted by Crippen LogP contribution is 2.42. The van der Waals surface area contributed by atoms with Crippen LogP contribution in [-0.4, -0.2) is 24.8 Å². The van der Waals surface area contributed by atoms with Crippen LogP contribution in [0.5, 0.6) is 0 Å². The predicted octanol–water partition coefficient (Wildman–Crippen LogP) is 2.33. The summed E-state index contributed by atoms with van der Waals surface area (Å²) in [5, 5.41) is 27.2. The molecule has 2 aromatic heterocycles. The third kappa shape index (κ3) is 3.17. The zero-order valence-corrected chi connectivity index (χ0v) is 13.2. The van der Waals surface area contributed by atoms with Crippen molar-refractivity contribution in [2.45, 2.75) is 42.3 Å². The molecule has 2 heterocycles. The summed E-state index contributed by atoms with van der Waals surface area (Å²) in [5.41, 5.74) is -0.450. The molecule has 0 aromatic carbocycles. The van der Waals surface area contributed by atoms with Crippen molar-refractivity contribution in [2.75, 3.05) is 0 Å². The van der Waals surface area contributed by atoms with Gasteiger partial charge in [0, 0.05) is 17.0 Å². The number of nitrogens with zero attached hydrogens (tertiary/aromatic N) is 3. The number of rotatable bonds is 5. The lowest BCUT2D eigenvalue weighted by molar-refractivity contribution is -0.387. The van der Waals surface area contributed by atoms with Crippen molar-refractivity contribution in [3.05, 3.63) is 31.5 Å². The molecule has 0 aliphatic carbocycles. The third-order valence-corrected chi connectivity index (χ3v) is 5.13. The van der Waals surface area contributed by atoms with E-state index >= 15 is 0 Å². The summed E-state index contributed by atoms with van der Waals surface area (Å²) in [7, 11) is 0. The second-order valence-electron chi connectivity index (χ2n) is 4.63. The van der Waals surface area contributed by atoms with E-state index in [1.165, 1.54) is 10.6 Å². The Labute approximate surface area is 128 Å². The average Bonchev–Trinajstić information content (AvgIpc) is 2.94. The van der Waals surface area contributed by atoms with Gasteiger partial charge in [0.05, 0.1) is 11.0 Å². The van der Waals surface area contributed by atoms with Crippen LogP contribution in [0.2, 0.25) is 0 Å². The van der Waals surface area contributed by atoms with Crippen molar-refractivity contribution in [3.63, 3.8) is 0 Å². The first kappa shape index (κ1) is 15.7. The van der Waals surface area contributed by atoms with Gasteiger partial charge in [0.1, 0.15) is 4.21 Å². The zero-order chi connectivity index (χ0) is 15.7. The number of aromatic amines is 1. The van der Waals surface area contributed by atoms with Gasteiger partial charge in [0.15, 0.2) is 5.16 Å². The van der Waals surface area contributed by atoms with Gasteiger partial charge in [-0.05, 0) is 32.5 Å². The highest BCUT2D eigenvalue weighted by atomic mass is 32.2. The van der Waals surface area contributed by atoms with Crippen molar-refractivity contribution in [3.8, 4) is 0 Å². The van der Waals surface area contributed by atoms with E-state index in [0.29, 0.717) is 14.2 Å². The van der Waals surface area contributed by atoms with Crippen LogP contribution < -0.4 is 5.69 Å². The van der Waals surface area contributed by atoms with E-state index < -0.39 is 11.0 Å². The Bertz CT molecular complexity index is 716. The van der Waals surface area contributed by atoms with Crippen LogP contribution in [0.15, 0.2) is 20.2 Å². The summed E-state index contributed by atoms with van der Waals surface area (Å²) < 4.78 is 1.81. The van der Waals surface area contributed by atoms with Gasteiger partial charge in [-0.3, -0.25) is 14.7 Å². The van der Waals surface area contributed by atoms with Gasteiger partial charge in [-0.1, -0.05) is 0 Å². The number of hydrogen-bond acceptors (Lipinski definition) is 7. The number of aliphatic hydroxyl groups is 1. The SMILES string of the molecule is CC(O)c1cc([N+](=O)[O-])c(Sc2n[nH]c(=O)n2C(C)C)s1. The molecule has 2 rings (SSSR count). The minimum atomic E-state index is -0.783. The first-order valence-corrected chi connectivity index (χ1v) is 7.75. The Morgan fingerprint density at radius 1 is 1.52 bits per heavy atom. The molecule has 0 aliphatic rings. The first-order chi connectivity index (χ1) is 9.81. The summed E-state index contributed by atoms with van der Waals surface area (Å²) in [6.07, 6.45) is -0.783. The Morgan fingerprint density at radius 2 is 2.19 bits per heavy atom. The maximum atomic E-state index is 11.7. The van der Waals surface area contributed by atoms with Crippen LogP contribution in [0.4, 0.5) is 5.69 Å². The highest BCUT2D eigenvalue weighted by molar-refractivity contribution is 8.01. The standard InChI is InChI=1S/C11H14N4O4S2/c1-5(2)14-10(17)12-13-11(14)21-9-7(15(18)19)4-8(20-9)6(3)16/h4-6,16H,1-3H3,(H,12,17). The minimum absolute atomic E-state index is 0.0911. The van der Waals surface area contributed by atoms with Gasteiger partial charge < -0.3 is 5.11 Å². The van der Waals surface area contributed by atoms with E-state index in [0.717, 1.165) is 23.1 Å². The molecule has 2 aromatic rings. The van der Waals surface area contributed by atoms with Crippen molar-refractivity contribution in [2.24, 2.45) is 0 Å². The molecule has 0 spiro atoms. The molecule has 0 saturated heterocycles. The summed E-state index contributed by atoms with van der Waals surface area (Å²) >= 11 is 2.17. The lowest BCUT2D eigenvalue weighted by Crippen LogP contribution is -2.19. The molecular weight excluding hydrogens is 316 g/mol. The highest BCUT2D eigenvalue weighted by Gasteiger charge is 2.24. The number of nitrogens with one attached hydrogen (secondary N) is 1. The molecule has 1 unspecified atom stereocenters. The minimum Gasteiger partial charge on any atom is -0.388 e. The number of hydrogen-bond donors (Lipinski definition) is 2. The first-order valence-electron chi connectivity index (χ1n) is 6.12. The molecule has 21 heavy (non-hydrogen) atoms. The molecule has 8 nitrogen and oxygen atoms in total.